The summed E-state index contributed by atoms with van der Waals surface area (Å²) in [5, 5.41) is 17.3. The molecule has 0 radical (unpaired) electrons. The van der Waals surface area contributed by atoms with E-state index in [4.69, 9.17) is 14.5 Å². The van der Waals surface area contributed by atoms with Gasteiger partial charge in [-0.3, -0.25) is 14.5 Å². The number of methoxy groups -OCH3 is 1. The summed E-state index contributed by atoms with van der Waals surface area (Å²) in [7, 11) is 1.43. The van der Waals surface area contributed by atoms with E-state index in [0.29, 0.717) is 23.2 Å². The first-order valence-corrected chi connectivity index (χ1v) is 16.3. The summed E-state index contributed by atoms with van der Waals surface area (Å²) in [6, 6.07) is 18.9. The third kappa shape index (κ3) is 6.95. The first-order chi connectivity index (χ1) is 23.2. The molecular formula is C37H41N7O4. The van der Waals surface area contributed by atoms with Crippen LogP contribution >= 0.6 is 0 Å². The maximum Gasteiger partial charge on any atom is 0.296 e. The number of ether oxygens (including phenoxy) is 2. The molecule has 1 aromatic heterocycles. The van der Waals surface area contributed by atoms with Crippen molar-refractivity contribution in [2.45, 2.75) is 45.1 Å². The van der Waals surface area contributed by atoms with Gasteiger partial charge < -0.3 is 25.0 Å². The lowest BCUT2D eigenvalue weighted by molar-refractivity contribution is -0.112. The van der Waals surface area contributed by atoms with E-state index in [9.17, 15) is 14.9 Å². The average molecular weight is 648 g/mol. The standard InChI is InChI=1S/C37H41N7O4/c1-37(2,3)25-21-24(23-38)34(47-4)31(22-25)41-35(46)33(45)29-9-10-30(28-8-6-5-7-27(28)29)40-32-11-14-39-36(42-32)44-15-12-26(13-16-44)43-17-19-48-20-18-43/h5-11,14,21-22,26H,12-13,15-20H2,1-4H3,(H,41,46)(H,39,40,42). The number of carbonyl (C=O) groups excluding carboxylic acids is 2. The van der Waals surface area contributed by atoms with Crippen molar-refractivity contribution >= 4 is 45.6 Å². The minimum Gasteiger partial charge on any atom is -0.493 e. The summed E-state index contributed by atoms with van der Waals surface area (Å²) in [4.78, 5) is 41.2. The summed E-state index contributed by atoms with van der Waals surface area (Å²) >= 11 is 0. The molecule has 1 amide bonds. The first-order valence-electron chi connectivity index (χ1n) is 16.3. The molecule has 4 aromatic rings. The van der Waals surface area contributed by atoms with Crippen LogP contribution in [0, 0.1) is 11.3 Å². The molecule has 2 saturated heterocycles. The van der Waals surface area contributed by atoms with Crippen molar-refractivity contribution in [3.63, 3.8) is 0 Å². The Bertz CT molecular complexity index is 1870. The topological polar surface area (TPSA) is 133 Å². The van der Waals surface area contributed by atoms with Crippen LogP contribution in [0.25, 0.3) is 10.8 Å². The van der Waals surface area contributed by atoms with Gasteiger partial charge in [-0.25, -0.2) is 4.98 Å². The molecular weight excluding hydrogens is 606 g/mol. The Kier molecular flexibility index (Phi) is 9.57. The lowest BCUT2D eigenvalue weighted by Crippen LogP contribution is -2.49. The van der Waals surface area contributed by atoms with Gasteiger partial charge in [0.2, 0.25) is 5.95 Å². The van der Waals surface area contributed by atoms with Gasteiger partial charge in [-0.1, -0.05) is 45.0 Å². The molecule has 6 rings (SSSR count). The van der Waals surface area contributed by atoms with Crippen LogP contribution in [0.4, 0.5) is 23.1 Å². The monoisotopic (exact) mass is 647 g/mol. The number of morpholine rings is 1. The van der Waals surface area contributed by atoms with Crippen molar-refractivity contribution in [1.29, 1.82) is 5.26 Å². The highest BCUT2D eigenvalue weighted by Crippen LogP contribution is 2.36. The maximum atomic E-state index is 13.6. The Balaban J connectivity index is 1.20. The van der Waals surface area contributed by atoms with Crippen LogP contribution in [0.2, 0.25) is 0 Å². The minimum absolute atomic E-state index is 0.210. The van der Waals surface area contributed by atoms with Crippen molar-refractivity contribution in [2.75, 3.05) is 62.0 Å². The van der Waals surface area contributed by atoms with Crippen LogP contribution < -0.4 is 20.3 Å². The van der Waals surface area contributed by atoms with Gasteiger partial charge >= 0.3 is 0 Å². The number of piperidine rings is 1. The number of hydrogen-bond donors (Lipinski definition) is 2. The normalized spacial score (nSPS) is 15.9. The summed E-state index contributed by atoms with van der Waals surface area (Å²) in [5.41, 5.74) is 2.08. The highest BCUT2D eigenvalue weighted by atomic mass is 16.5. The van der Waals surface area contributed by atoms with Gasteiger partial charge in [0.05, 0.1) is 31.6 Å². The highest BCUT2D eigenvalue weighted by molar-refractivity contribution is 6.48. The molecule has 11 nitrogen and oxygen atoms in total. The molecule has 3 heterocycles. The number of amides is 1. The fraction of sp³-hybridized carbons (Fsp3) is 0.378. The Morgan fingerprint density at radius 3 is 2.40 bits per heavy atom. The van der Waals surface area contributed by atoms with Crippen molar-refractivity contribution < 1.29 is 19.1 Å². The summed E-state index contributed by atoms with van der Waals surface area (Å²) in [5.74, 6) is -0.00640. The number of nitrogens with one attached hydrogen (secondary N) is 2. The van der Waals surface area contributed by atoms with Crippen LogP contribution in [-0.2, 0) is 14.9 Å². The van der Waals surface area contributed by atoms with Gasteiger partial charge in [-0.2, -0.15) is 10.2 Å². The average Bonchev–Trinajstić information content (AvgIpc) is 3.11. The lowest BCUT2D eigenvalue weighted by atomic mass is 9.85. The zero-order valence-corrected chi connectivity index (χ0v) is 27.9. The predicted molar refractivity (Wildman–Crippen MR) is 186 cm³/mol. The third-order valence-electron chi connectivity index (χ3n) is 9.12. The van der Waals surface area contributed by atoms with Crippen LogP contribution in [-0.4, -0.2) is 79.1 Å². The number of aromatic nitrogens is 2. The van der Waals surface area contributed by atoms with Crippen molar-refractivity contribution in [1.82, 2.24) is 14.9 Å². The molecule has 2 aliphatic heterocycles. The highest BCUT2D eigenvalue weighted by Gasteiger charge is 2.28. The number of nitriles is 1. The van der Waals surface area contributed by atoms with E-state index in [2.05, 4.69) is 31.5 Å². The number of ketones is 1. The summed E-state index contributed by atoms with van der Waals surface area (Å²) in [6.07, 6.45) is 3.87. The summed E-state index contributed by atoms with van der Waals surface area (Å²) < 4.78 is 11.0. The van der Waals surface area contributed by atoms with Crippen LogP contribution in [0.3, 0.4) is 0 Å². The second-order valence-electron chi connectivity index (χ2n) is 13.2. The number of benzene rings is 3. The van der Waals surface area contributed by atoms with Gasteiger partial charge in [0, 0.05) is 55.1 Å². The Morgan fingerprint density at radius 2 is 1.71 bits per heavy atom. The quantitative estimate of drug-likeness (QED) is 0.182. The zero-order valence-electron chi connectivity index (χ0n) is 27.9. The van der Waals surface area contributed by atoms with E-state index in [-0.39, 0.29) is 28.0 Å². The van der Waals surface area contributed by atoms with Gasteiger partial charge in [0.1, 0.15) is 11.9 Å². The third-order valence-corrected chi connectivity index (χ3v) is 9.12. The molecule has 0 aliphatic carbocycles. The van der Waals surface area contributed by atoms with Gasteiger partial charge in [-0.05, 0) is 59.5 Å². The van der Waals surface area contributed by atoms with Crippen LogP contribution in [0.15, 0.2) is 60.8 Å². The number of anilines is 4. The van der Waals surface area contributed by atoms with E-state index in [0.717, 1.165) is 68.9 Å². The largest absolute Gasteiger partial charge is 0.493 e. The number of Topliss-reactive ketones (excluding diaryl/α,β-unsaturated/α-hetero) is 1. The van der Waals surface area contributed by atoms with Crippen molar-refractivity contribution in [3.05, 3.63) is 77.5 Å². The lowest BCUT2D eigenvalue weighted by Gasteiger charge is -2.40. The molecule has 2 aliphatic rings. The van der Waals surface area contributed by atoms with Crippen LogP contribution in [0.1, 0.15) is 55.1 Å². The fourth-order valence-corrected chi connectivity index (χ4v) is 6.45. The summed E-state index contributed by atoms with van der Waals surface area (Å²) in [6.45, 7) is 11.4. The molecule has 0 spiro atoms. The van der Waals surface area contributed by atoms with E-state index in [1.165, 1.54) is 7.11 Å². The molecule has 0 unspecified atom stereocenters. The SMILES string of the molecule is COc1c(C#N)cc(C(C)(C)C)cc1NC(=O)C(=O)c1ccc(Nc2ccnc(N3CCC(N4CCOCC4)CC3)n2)c2ccccc12. The van der Waals surface area contributed by atoms with E-state index in [1.54, 1.807) is 30.5 Å². The number of fused-ring (bicyclic) bond motifs is 1. The second-order valence-corrected chi connectivity index (χ2v) is 13.2. The Morgan fingerprint density at radius 1 is 0.979 bits per heavy atom. The molecule has 11 heteroatoms. The molecule has 2 fully saturated rings. The van der Waals surface area contributed by atoms with Crippen molar-refractivity contribution in [3.8, 4) is 11.8 Å². The van der Waals surface area contributed by atoms with E-state index < -0.39 is 11.7 Å². The smallest absolute Gasteiger partial charge is 0.296 e. The Labute approximate surface area is 280 Å². The number of hydrogen-bond acceptors (Lipinski definition) is 10. The maximum absolute atomic E-state index is 13.6. The fourth-order valence-electron chi connectivity index (χ4n) is 6.45. The predicted octanol–water partition coefficient (Wildman–Crippen LogP) is 5.67. The second kappa shape index (κ2) is 14.0. The number of rotatable bonds is 8. The molecule has 0 saturated carbocycles. The zero-order chi connectivity index (χ0) is 33.8. The first kappa shape index (κ1) is 32.9. The van der Waals surface area contributed by atoms with Crippen LogP contribution in [0.5, 0.6) is 5.75 Å². The molecule has 48 heavy (non-hydrogen) atoms. The molecule has 0 bridgehead atoms. The number of nitrogens with zero attached hydrogens (tertiary/aromatic N) is 5. The van der Waals surface area contributed by atoms with E-state index >= 15 is 0 Å². The van der Waals surface area contributed by atoms with E-state index in [1.807, 2.05) is 51.1 Å². The van der Waals surface area contributed by atoms with Gasteiger partial charge in [0.25, 0.3) is 11.7 Å². The minimum atomic E-state index is -0.827. The molecule has 3 aromatic carbocycles. The molecule has 2 N–H and O–H groups in total. The number of carbonyl (C=O) groups is 2. The van der Waals surface area contributed by atoms with Crippen molar-refractivity contribution in [2.24, 2.45) is 0 Å². The molecule has 248 valence electrons. The molecule has 0 atom stereocenters. The Hall–Kier alpha value is -5.05. The van der Waals surface area contributed by atoms with Gasteiger partial charge in [-0.15, -0.1) is 0 Å². The van der Waals surface area contributed by atoms with Gasteiger partial charge in [0.15, 0.2) is 5.75 Å².